The highest BCUT2D eigenvalue weighted by Crippen LogP contribution is 2.35. The van der Waals surface area contributed by atoms with E-state index in [1.54, 1.807) is 30.3 Å². The fourth-order valence-electron chi connectivity index (χ4n) is 1.80. The molecule has 0 aliphatic carbocycles. The van der Waals surface area contributed by atoms with Gasteiger partial charge in [-0.15, -0.1) is 0 Å². The van der Waals surface area contributed by atoms with Gasteiger partial charge >= 0.3 is 0 Å². The average Bonchev–Trinajstić information content (AvgIpc) is 2.57. The number of phenols is 1. The zero-order chi connectivity index (χ0) is 11.3. The van der Waals surface area contributed by atoms with Gasteiger partial charge in [0.15, 0.2) is 0 Å². The number of nitrogen functional groups attached to an aromatic ring is 1. The third-order valence-corrected chi connectivity index (χ3v) is 2.82. The molecule has 0 saturated carbocycles. The molecule has 0 amide bonds. The Labute approximate surface area is 96.0 Å². The minimum absolute atomic E-state index is 0.0511. The molecule has 0 aliphatic heterocycles. The molecule has 3 nitrogen and oxygen atoms in total. The van der Waals surface area contributed by atoms with Gasteiger partial charge in [-0.25, -0.2) is 0 Å². The van der Waals surface area contributed by atoms with E-state index in [0.29, 0.717) is 16.3 Å². The topological polar surface area (TPSA) is 59.4 Å². The molecule has 3 aromatic rings. The molecule has 3 rings (SSSR count). The van der Waals surface area contributed by atoms with Crippen molar-refractivity contribution < 1.29 is 9.52 Å². The average molecular weight is 234 g/mol. The van der Waals surface area contributed by atoms with Gasteiger partial charge in [0.25, 0.3) is 0 Å². The Morgan fingerprint density at radius 2 is 1.81 bits per heavy atom. The Bertz CT molecular complexity index is 703. The third kappa shape index (κ3) is 1.22. The molecule has 0 fully saturated rings. The van der Waals surface area contributed by atoms with Crippen LogP contribution in [0.15, 0.2) is 34.7 Å². The number of halogens is 1. The summed E-state index contributed by atoms with van der Waals surface area (Å²) in [6.45, 7) is 0. The van der Waals surface area contributed by atoms with Gasteiger partial charge < -0.3 is 15.3 Å². The number of benzene rings is 2. The number of anilines is 1. The van der Waals surface area contributed by atoms with Crippen LogP contribution in [0.3, 0.4) is 0 Å². The Morgan fingerprint density at radius 3 is 2.62 bits per heavy atom. The monoisotopic (exact) mass is 233 g/mol. The third-order valence-electron chi connectivity index (χ3n) is 2.58. The SMILES string of the molecule is Nc1cc2oc3ccc(Cl)cc3c2cc1O. The summed E-state index contributed by atoms with van der Waals surface area (Å²) >= 11 is 5.92. The number of hydrogen-bond donors (Lipinski definition) is 2. The Hall–Kier alpha value is -1.87. The minimum atomic E-state index is 0.0511. The van der Waals surface area contributed by atoms with E-state index >= 15 is 0 Å². The molecular weight excluding hydrogens is 226 g/mol. The molecule has 80 valence electrons. The maximum absolute atomic E-state index is 9.56. The first kappa shape index (κ1) is 9.36. The van der Waals surface area contributed by atoms with Crippen LogP contribution in [0.4, 0.5) is 5.69 Å². The van der Waals surface area contributed by atoms with Gasteiger partial charge in [0.1, 0.15) is 16.9 Å². The van der Waals surface area contributed by atoms with Crippen molar-refractivity contribution >= 4 is 39.2 Å². The fraction of sp³-hybridized carbons (Fsp3) is 0. The van der Waals surface area contributed by atoms with Crippen molar-refractivity contribution in [2.75, 3.05) is 5.73 Å². The highest BCUT2D eigenvalue weighted by atomic mass is 35.5. The number of furan rings is 1. The van der Waals surface area contributed by atoms with Crippen LogP contribution in [0.5, 0.6) is 5.75 Å². The van der Waals surface area contributed by atoms with Gasteiger partial charge in [-0.3, -0.25) is 0 Å². The molecule has 0 radical (unpaired) electrons. The van der Waals surface area contributed by atoms with Gasteiger partial charge in [-0.1, -0.05) is 11.6 Å². The molecule has 0 saturated heterocycles. The summed E-state index contributed by atoms with van der Waals surface area (Å²) in [5.41, 5.74) is 7.28. The lowest BCUT2D eigenvalue weighted by molar-refractivity contribution is 0.478. The van der Waals surface area contributed by atoms with E-state index < -0.39 is 0 Å². The first-order valence-corrected chi connectivity index (χ1v) is 5.13. The second kappa shape index (κ2) is 3.06. The zero-order valence-corrected chi connectivity index (χ0v) is 8.95. The number of fused-ring (bicyclic) bond motifs is 3. The lowest BCUT2D eigenvalue weighted by Crippen LogP contribution is -1.83. The van der Waals surface area contributed by atoms with Gasteiger partial charge in [0.2, 0.25) is 0 Å². The van der Waals surface area contributed by atoms with Crippen molar-refractivity contribution in [3.63, 3.8) is 0 Å². The molecule has 0 bridgehead atoms. The highest BCUT2D eigenvalue weighted by Gasteiger charge is 2.09. The normalized spacial score (nSPS) is 11.3. The van der Waals surface area contributed by atoms with Crippen LogP contribution in [0.2, 0.25) is 5.02 Å². The fourth-order valence-corrected chi connectivity index (χ4v) is 1.97. The van der Waals surface area contributed by atoms with Crippen LogP contribution in [0, 0.1) is 0 Å². The molecule has 16 heavy (non-hydrogen) atoms. The van der Waals surface area contributed by atoms with E-state index in [0.717, 1.165) is 16.4 Å². The molecular formula is C12H8ClNO2. The van der Waals surface area contributed by atoms with Gasteiger partial charge in [-0.2, -0.15) is 0 Å². The molecule has 0 atom stereocenters. The smallest absolute Gasteiger partial charge is 0.139 e. The zero-order valence-electron chi connectivity index (χ0n) is 8.20. The molecule has 3 N–H and O–H groups in total. The Morgan fingerprint density at radius 1 is 1.06 bits per heavy atom. The van der Waals surface area contributed by atoms with Crippen LogP contribution >= 0.6 is 11.6 Å². The Balaban J connectivity index is 2.53. The molecule has 1 aromatic heterocycles. The number of aromatic hydroxyl groups is 1. The predicted octanol–water partition coefficient (Wildman–Crippen LogP) is 3.53. The first-order chi connectivity index (χ1) is 7.65. The van der Waals surface area contributed by atoms with E-state index in [2.05, 4.69) is 0 Å². The number of phenolic OH excluding ortho intramolecular Hbond substituents is 1. The number of hydrogen-bond acceptors (Lipinski definition) is 3. The van der Waals surface area contributed by atoms with Crippen LogP contribution in [0.1, 0.15) is 0 Å². The van der Waals surface area contributed by atoms with Crippen molar-refractivity contribution in [2.45, 2.75) is 0 Å². The molecule has 2 aromatic carbocycles. The van der Waals surface area contributed by atoms with Crippen LogP contribution < -0.4 is 5.73 Å². The van der Waals surface area contributed by atoms with Crippen molar-refractivity contribution in [1.29, 1.82) is 0 Å². The van der Waals surface area contributed by atoms with E-state index in [4.69, 9.17) is 21.8 Å². The minimum Gasteiger partial charge on any atom is -0.506 e. The molecule has 4 heteroatoms. The van der Waals surface area contributed by atoms with Gasteiger partial charge in [0, 0.05) is 21.9 Å². The van der Waals surface area contributed by atoms with E-state index in [1.165, 1.54) is 0 Å². The maximum Gasteiger partial charge on any atom is 0.139 e. The summed E-state index contributed by atoms with van der Waals surface area (Å²) in [5.74, 6) is 0.0511. The molecule has 0 spiro atoms. The van der Waals surface area contributed by atoms with Gasteiger partial charge in [0.05, 0.1) is 5.69 Å². The molecule has 0 unspecified atom stereocenters. The summed E-state index contributed by atoms with van der Waals surface area (Å²) in [5, 5.41) is 11.9. The van der Waals surface area contributed by atoms with Crippen molar-refractivity contribution in [2.24, 2.45) is 0 Å². The second-order valence-electron chi connectivity index (χ2n) is 3.65. The van der Waals surface area contributed by atoms with E-state index in [9.17, 15) is 5.11 Å². The molecule has 0 aliphatic rings. The number of nitrogens with two attached hydrogens (primary N) is 1. The largest absolute Gasteiger partial charge is 0.506 e. The summed E-state index contributed by atoms with van der Waals surface area (Å²) < 4.78 is 5.59. The van der Waals surface area contributed by atoms with Crippen molar-refractivity contribution in [3.05, 3.63) is 35.4 Å². The standard InChI is InChI=1S/C12H8ClNO2/c13-6-1-2-11-7(3-6)8-4-10(15)9(14)5-12(8)16-11/h1-5,15H,14H2. The molecule has 1 heterocycles. The lowest BCUT2D eigenvalue weighted by atomic mass is 10.1. The first-order valence-electron chi connectivity index (χ1n) is 4.75. The van der Waals surface area contributed by atoms with E-state index in [-0.39, 0.29) is 5.75 Å². The summed E-state index contributed by atoms with van der Waals surface area (Å²) in [6.07, 6.45) is 0. The van der Waals surface area contributed by atoms with Gasteiger partial charge in [-0.05, 0) is 24.3 Å². The quantitative estimate of drug-likeness (QED) is 0.461. The number of rotatable bonds is 0. The maximum atomic E-state index is 9.56. The Kier molecular flexibility index (Phi) is 1.79. The van der Waals surface area contributed by atoms with Crippen molar-refractivity contribution in [1.82, 2.24) is 0 Å². The van der Waals surface area contributed by atoms with Crippen LogP contribution in [-0.4, -0.2) is 5.11 Å². The van der Waals surface area contributed by atoms with E-state index in [1.807, 2.05) is 0 Å². The summed E-state index contributed by atoms with van der Waals surface area (Å²) in [7, 11) is 0. The summed E-state index contributed by atoms with van der Waals surface area (Å²) in [6, 6.07) is 8.56. The van der Waals surface area contributed by atoms with Crippen LogP contribution in [0.25, 0.3) is 21.9 Å². The van der Waals surface area contributed by atoms with Crippen LogP contribution in [-0.2, 0) is 0 Å². The predicted molar refractivity (Wildman–Crippen MR) is 64.8 cm³/mol. The van der Waals surface area contributed by atoms with Crippen molar-refractivity contribution in [3.8, 4) is 5.75 Å². The second-order valence-corrected chi connectivity index (χ2v) is 4.09. The summed E-state index contributed by atoms with van der Waals surface area (Å²) in [4.78, 5) is 0. The lowest BCUT2D eigenvalue weighted by Gasteiger charge is -1.97. The highest BCUT2D eigenvalue weighted by molar-refractivity contribution is 6.31.